The first kappa shape index (κ1) is 12.3. The minimum absolute atomic E-state index is 0.167. The highest BCUT2D eigenvalue weighted by atomic mass is 32.9. The van der Waals surface area contributed by atoms with Gasteiger partial charge >= 0.3 is 0 Å². The van der Waals surface area contributed by atoms with Gasteiger partial charge in [0.05, 0.1) is 0 Å². The number of hydrogen-bond acceptors (Lipinski definition) is 2. The fourth-order valence-corrected chi connectivity index (χ4v) is 0. The fourth-order valence-electron chi connectivity index (χ4n) is 0. The molecule has 0 bridgehead atoms. The van der Waals surface area contributed by atoms with Crippen molar-refractivity contribution in [2.75, 3.05) is 0 Å². The summed E-state index contributed by atoms with van der Waals surface area (Å²) in [5.41, 5.74) is -3.11. The van der Waals surface area contributed by atoms with Gasteiger partial charge in [0.2, 0.25) is 5.69 Å². The van der Waals surface area contributed by atoms with E-state index in [1.165, 1.54) is 13.8 Å². The molecule has 0 amide bonds. The van der Waals surface area contributed by atoms with E-state index >= 15 is 0 Å². The van der Waals surface area contributed by atoms with Crippen molar-refractivity contribution in [3.63, 3.8) is 0 Å². The minimum atomic E-state index is -3.11. The molecule has 3 nitrogen and oxygen atoms in total. The highest BCUT2D eigenvalue weighted by Gasteiger charge is 1.90. The smallest absolute Gasteiger partial charge is 0.239 e. The Hall–Kier alpha value is 0.590. The fraction of sp³-hybridized carbons (Fsp3) is 0.667. The third kappa shape index (κ3) is 1070. The van der Waals surface area contributed by atoms with Gasteiger partial charge in [0.1, 0.15) is 5.78 Å². The van der Waals surface area contributed by atoms with Crippen LogP contribution < -0.4 is 0 Å². The molecule has 6 heteroatoms. The molecule has 9 heavy (non-hydrogen) atoms. The highest BCUT2D eigenvalue weighted by Crippen LogP contribution is 2.39. The summed E-state index contributed by atoms with van der Waals surface area (Å²) in [5.74, 6) is 0.167. The molecule has 56 valence electrons. The summed E-state index contributed by atoms with van der Waals surface area (Å²) >= 11 is 7.07. The van der Waals surface area contributed by atoms with Crippen LogP contribution in [0.1, 0.15) is 13.8 Å². The third-order valence-corrected chi connectivity index (χ3v) is 0. The number of hydrogen-bond donors (Lipinski definition) is 3. The Kier molecular flexibility index (Phi) is 7.34. The SMILES string of the molecule is CC(C)=O.OP(O)(=S)S. The zero-order valence-electron chi connectivity index (χ0n) is 5.11. The largest absolute Gasteiger partial charge is 0.338 e. The van der Waals surface area contributed by atoms with Crippen molar-refractivity contribution >= 4 is 35.5 Å². The minimum Gasteiger partial charge on any atom is -0.338 e. The van der Waals surface area contributed by atoms with Crippen LogP contribution in [0.3, 0.4) is 0 Å². The van der Waals surface area contributed by atoms with Crippen molar-refractivity contribution in [3.8, 4) is 0 Å². The predicted octanol–water partition coefficient (Wildman–Crippen LogP) is 0.721. The van der Waals surface area contributed by atoms with E-state index in [0.29, 0.717) is 0 Å². The summed E-state index contributed by atoms with van der Waals surface area (Å²) in [5, 5.41) is 0. The summed E-state index contributed by atoms with van der Waals surface area (Å²) < 4.78 is 0. The highest BCUT2D eigenvalue weighted by molar-refractivity contribution is 8.59. The van der Waals surface area contributed by atoms with Gasteiger partial charge in [0, 0.05) is 0 Å². The zero-order chi connectivity index (χ0) is 8.08. The van der Waals surface area contributed by atoms with Gasteiger partial charge in [0.15, 0.2) is 0 Å². The predicted molar refractivity (Wildman–Crippen MR) is 44.1 cm³/mol. The second-order valence-corrected chi connectivity index (χ2v) is 6.46. The molecule has 0 aliphatic rings. The number of carbonyl (C=O) groups is 1. The molecule has 0 aromatic heterocycles. The molecule has 0 saturated heterocycles. The Bertz CT molecular complexity index is 117. The van der Waals surface area contributed by atoms with E-state index in [2.05, 4.69) is 24.1 Å². The Morgan fingerprint density at radius 2 is 1.56 bits per heavy atom. The summed E-state index contributed by atoms with van der Waals surface area (Å²) in [6, 6.07) is 0. The molecule has 0 atom stereocenters. The maximum atomic E-state index is 9.44. The standard InChI is InChI=1S/C3H6O.H3O2PS2/c1-3(2)4;1-3(2,4)5/h1-2H3;(H3,1,2,4,5). The molecule has 0 unspecified atom stereocenters. The van der Waals surface area contributed by atoms with Crippen LogP contribution >= 0.6 is 17.9 Å². The molecule has 2 N–H and O–H groups in total. The lowest BCUT2D eigenvalue weighted by atomic mass is 10.6. The van der Waals surface area contributed by atoms with E-state index < -0.39 is 5.69 Å². The maximum absolute atomic E-state index is 9.44. The quantitative estimate of drug-likeness (QED) is 0.387. The molecule has 0 rings (SSSR count). The van der Waals surface area contributed by atoms with Gasteiger partial charge in [-0.05, 0) is 25.7 Å². The van der Waals surface area contributed by atoms with Gasteiger partial charge in [-0.3, -0.25) is 0 Å². The van der Waals surface area contributed by atoms with E-state index in [1.807, 2.05) is 0 Å². The molecule has 0 aromatic rings. The van der Waals surface area contributed by atoms with Gasteiger partial charge in [0.25, 0.3) is 0 Å². The van der Waals surface area contributed by atoms with Crippen LogP contribution in [0.15, 0.2) is 0 Å². The first-order chi connectivity index (χ1) is 3.73. The Morgan fingerprint density at radius 3 is 1.56 bits per heavy atom. The molecule has 0 fully saturated rings. The summed E-state index contributed by atoms with van der Waals surface area (Å²) in [7, 11) is 0. The lowest BCUT2D eigenvalue weighted by Crippen LogP contribution is -1.69. The zero-order valence-corrected chi connectivity index (χ0v) is 7.71. The second-order valence-electron chi connectivity index (χ2n) is 1.42. The topological polar surface area (TPSA) is 57.5 Å². The molecule has 0 aromatic carbocycles. The number of rotatable bonds is 0. The molecular formula is C3H9O3PS2. The lowest BCUT2D eigenvalue weighted by molar-refractivity contribution is -0.114. The Morgan fingerprint density at radius 1 is 1.56 bits per heavy atom. The van der Waals surface area contributed by atoms with Crippen molar-refractivity contribution in [1.29, 1.82) is 0 Å². The third-order valence-electron chi connectivity index (χ3n) is 0. The summed E-state index contributed by atoms with van der Waals surface area (Å²) in [6.45, 7) is 3.06. The number of carbonyl (C=O) groups excluding carboxylic acids is 1. The lowest BCUT2D eigenvalue weighted by Gasteiger charge is -1.88. The van der Waals surface area contributed by atoms with Crippen molar-refractivity contribution < 1.29 is 14.6 Å². The van der Waals surface area contributed by atoms with Crippen molar-refractivity contribution in [1.82, 2.24) is 0 Å². The monoisotopic (exact) mass is 188 g/mol. The van der Waals surface area contributed by atoms with Crippen LogP contribution in [-0.4, -0.2) is 15.6 Å². The van der Waals surface area contributed by atoms with Gasteiger partial charge in [-0.15, -0.1) is 0 Å². The molecule has 0 heterocycles. The van der Waals surface area contributed by atoms with E-state index in [1.54, 1.807) is 0 Å². The first-order valence-corrected chi connectivity index (χ1v) is 5.85. The van der Waals surface area contributed by atoms with Crippen LogP contribution in [0.4, 0.5) is 0 Å². The normalized spacial score (nSPS) is 9.44. The molecule has 0 aliphatic heterocycles. The van der Waals surface area contributed by atoms with Gasteiger partial charge in [-0.1, -0.05) is 12.2 Å². The van der Waals surface area contributed by atoms with Crippen molar-refractivity contribution in [2.45, 2.75) is 13.8 Å². The molecular weight excluding hydrogens is 179 g/mol. The number of ketones is 1. The van der Waals surface area contributed by atoms with Crippen LogP contribution in [0.5, 0.6) is 0 Å². The summed E-state index contributed by atoms with van der Waals surface area (Å²) in [6.07, 6.45) is 0. The van der Waals surface area contributed by atoms with E-state index in [9.17, 15) is 4.79 Å². The average Bonchev–Trinajstić information content (AvgIpc) is 1.19. The molecule has 0 saturated carbocycles. The van der Waals surface area contributed by atoms with Crippen LogP contribution in [-0.2, 0) is 16.6 Å². The van der Waals surface area contributed by atoms with E-state index in [-0.39, 0.29) is 5.78 Å². The van der Waals surface area contributed by atoms with E-state index in [0.717, 1.165) is 0 Å². The average molecular weight is 188 g/mol. The van der Waals surface area contributed by atoms with E-state index in [4.69, 9.17) is 9.79 Å². The van der Waals surface area contributed by atoms with Crippen molar-refractivity contribution in [3.05, 3.63) is 0 Å². The van der Waals surface area contributed by atoms with Gasteiger partial charge in [-0.25, -0.2) is 0 Å². The molecule has 0 spiro atoms. The molecule has 0 radical (unpaired) electrons. The van der Waals surface area contributed by atoms with Crippen molar-refractivity contribution in [2.24, 2.45) is 0 Å². The number of Topliss-reactive ketones (excluding diaryl/α,β-unsaturated/α-hetero) is 1. The van der Waals surface area contributed by atoms with Gasteiger partial charge in [-0.2, -0.15) is 0 Å². The van der Waals surface area contributed by atoms with Crippen LogP contribution in [0.2, 0.25) is 0 Å². The van der Waals surface area contributed by atoms with Crippen LogP contribution in [0.25, 0.3) is 0 Å². The summed E-state index contributed by atoms with van der Waals surface area (Å²) in [4.78, 5) is 25.2. The number of thiol groups is 1. The Labute approximate surface area is 64.4 Å². The second kappa shape index (κ2) is 5.38. The first-order valence-electron chi connectivity index (χ1n) is 1.99. The maximum Gasteiger partial charge on any atom is 0.239 e. The molecule has 0 aliphatic carbocycles. The Balaban J connectivity index is 0. The van der Waals surface area contributed by atoms with Gasteiger partial charge < -0.3 is 14.6 Å². The van der Waals surface area contributed by atoms with Crippen LogP contribution in [0, 0.1) is 0 Å².